The smallest absolute Gasteiger partial charge is 0.123 e. The van der Waals surface area contributed by atoms with Crippen LogP contribution in [0.3, 0.4) is 0 Å². The van der Waals surface area contributed by atoms with E-state index >= 15 is 0 Å². The predicted octanol–water partition coefficient (Wildman–Crippen LogP) is 3.78. The average Bonchev–Trinajstić information content (AvgIpc) is 2.78. The minimum atomic E-state index is -0.296. The third-order valence-corrected chi connectivity index (χ3v) is 3.79. The van der Waals surface area contributed by atoms with Gasteiger partial charge in [-0.2, -0.15) is 11.3 Å². The third-order valence-electron chi connectivity index (χ3n) is 3.06. The zero-order valence-corrected chi connectivity index (χ0v) is 11.3. The van der Waals surface area contributed by atoms with Crippen LogP contribution in [0, 0.1) is 5.82 Å². The maximum absolute atomic E-state index is 13.1. The molecule has 0 bridgehead atoms. The summed E-state index contributed by atoms with van der Waals surface area (Å²) in [7, 11) is 0. The van der Waals surface area contributed by atoms with Crippen LogP contribution in [-0.4, -0.2) is 5.54 Å². The molecule has 1 nitrogen and oxygen atoms in total. The Morgan fingerprint density at radius 2 is 2.11 bits per heavy atom. The molecule has 2 aromatic rings. The van der Waals surface area contributed by atoms with Crippen molar-refractivity contribution in [1.82, 2.24) is 0 Å². The van der Waals surface area contributed by atoms with Crippen molar-refractivity contribution >= 4 is 11.3 Å². The Labute approximate surface area is 111 Å². The second-order valence-electron chi connectivity index (χ2n) is 5.09. The molecule has 0 aliphatic heterocycles. The summed E-state index contributed by atoms with van der Waals surface area (Å²) in [6.07, 6.45) is 2.58. The molecule has 1 aromatic heterocycles. The highest BCUT2D eigenvalue weighted by atomic mass is 32.1. The first-order valence-electron chi connectivity index (χ1n) is 6.10. The van der Waals surface area contributed by atoms with Gasteiger partial charge in [0.15, 0.2) is 0 Å². The van der Waals surface area contributed by atoms with E-state index in [2.05, 4.69) is 16.8 Å². The standard InChI is InChI=1S/C15H18FNS/c1-15(17,7-5-12-6-8-18-11-12)10-13-3-2-4-14(16)9-13/h2-4,6,8-9,11H,5,7,10,17H2,1H3. The first-order valence-corrected chi connectivity index (χ1v) is 7.04. The van der Waals surface area contributed by atoms with Crippen molar-refractivity contribution in [2.45, 2.75) is 31.7 Å². The SMILES string of the molecule is CC(N)(CCc1ccsc1)Cc1cccc(F)c1. The lowest BCUT2D eigenvalue weighted by Gasteiger charge is -2.24. The van der Waals surface area contributed by atoms with Crippen LogP contribution in [0.5, 0.6) is 0 Å². The van der Waals surface area contributed by atoms with E-state index in [0.29, 0.717) is 6.42 Å². The van der Waals surface area contributed by atoms with E-state index in [4.69, 9.17) is 5.73 Å². The first-order chi connectivity index (χ1) is 8.55. The summed E-state index contributed by atoms with van der Waals surface area (Å²) in [6, 6.07) is 8.82. The van der Waals surface area contributed by atoms with E-state index in [9.17, 15) is 4.39 Å². The van der Waals surface area contributed by atoms with E-state index in [-0.39, 0.29) is 11.4 Å². The van der Waals surface area contributed by atoms with Crippen LogP contribution >= 0.6 is 11.3 Å². The lowest BCUT2D eigenvalue weighted by atomic mass is 9.88. The van der Waals surface area contributed by atoms with Gasteiger partial charge in [-0.05, 0) is 66.3 Å². The Morgan fingerprint density at radius 1 is 1.28 bits per heavy atom. The number of hydrogen-bond acceptors (Lipinski definition) is 2. The summed E-state index contributed by atoms with van der Waals surface area (Å²) in [6.45, 7) is 2.03. The minimum absolute atomic E-state index is 0.193. The first kappa shape index (κ1) is 13.2. The number of aryl methyl sites for hydroxylation is 1. The van der Waals surface area contributed by atoms with Crippen LogP contribution in [0.2, 0.25) is 0 Å². The number of hydrogen-bond donors (Lipinski definition) is 1. The summed E-state index contributed by atoms with van der Waals surface area (Å²) < 4.78 is 13.1. The van der Waals surface area contributed by atoms with E-state index in [0.717, 1.165) is 18.4 Å². The molecule has 1 unspecified atom stereocenters. The van der Waals surface area contributed by atoms with Gasteiger partial charge in [0.25, 0.3) is 0 Å². The van der Waals surface area contributed by atoms with Crippen molar-refractivity contribution in [3.05, 3.63) is 58.0 Å². The molecule has 0 spiro atoms. The van der Waals surface area contributed by atoms with Crippen molar-refractivity contribution in [3.63, 3.8) is 0 Å². The van der Waals surface area contributed by atoms with Gasteiger partial charge in [0.2, 0.25) is 0 Å². The zero-order chi connectivity index (χ0) is 13.0. The van der Waals surface area contributed by atoms with Gasteiger partial charge in [-0.1, -0.05) is 12.1 Å². The summed E-state index contributed by atoms with van der Waals surface area (Å²) >= 11 is 1.71. The Morgan fingerprint density at radius 3 is 2.78 bits per heavy atom. The Hall–Kier alpha value is -1.19. The minimum Gasteiger partial charge on any atom is -0.325 e. The van der Waals surface area contributed by atoms with Crippen molar-refractivity contribution < 1.29 is 4.39 Å². The Bertz CT molecular complexity index is 491. The van der Waals surface area contributed by atoms with Gasteiger partial charge in [-0.3, -0.25) is 0 Å². The van der Waals surface area contributed by atoms with Crippen molar-refractivity contribution in [2.75, 3.05) is 0 Å². The van der Waals surface area contributed by atoms with Gasteiger partial charge in [-0.25, -0.2) is 4.39 Å². The molecule has 0 aliphatic rings. The summed E-state index contributed by atoms with van der Waals surface area (Å²) in [5.74, 6) is -0.193. The lowest BCUT2D eigenvalue weighted by Crippen LogP contribution is -2.39. The van der Waals surface area contributed by atoms with Crippen molar-refractivity contribution in [3.8, 4) is 0 Å². The molecule has 0 aliphatic carbocycles. The Balaban J connectivity index is 1.94. The van der Waals surface area contributed by atoms with Crippen LogP contribution < -0.4 is 5.73 Å². The molecule has 2 N–H and O–H groups in total. The summed E-state index contributed by atoms with van der Waals surface area (Å²) in [5.41, 5.74) is 8.29. The van der Waals surface area contributed by atoms with E-state index in [1.54, 1.807) is 23.5 Å². The highest BCUT2D eigenvalue weighted by Crippen LogP contribution is 2.19. The van der Waals surface area contributed by atoms with Crippen LogP contribution in [0.1, 0.15) is 24.5 Å². The predicted molar refractivity (Wildman–Crippen MR) is 75.3 cm³/mol. The fourth-order valence-corrected chi connectivity index (χ4v) is 2.77. The number of halogens is 1. The maximum atomic E-state index is 13.1. The maximum Gasteiger partial charge on any atom is 0.123 e. The lowest BCUT2D eigenvalue weighted by molar-refractivity contribution is 0.429. The molecule has 2 rings (SSSR count). The van der Waals surface area contributed by atoms with Crippen LogP contribution in [0.4, 0.5) is 4.39 Å². The van der Waals surface area contributed by atoms with Gasteiger partial charge in [-0.15, -0.1) is 0 Å². The highest BCUT2D eigenvalue weighted by Gasteiger charge is 2.19. The molecule has 1 aromatic carbocycles. The monoisotopic (exact) mass is 263 g/mol. The fourth-order valence-electron chi connectivity index (χ4n) is 2.07. The molecule has 1 heterocycles. The second kappa shape index (κ2) is 5.63. The molecule has 18 heavy (non-hydrogen) atoms. The van der Waals surface area contributed by atoms with Gasteiger partial charge >= 0.3 is 0 Å². The normalized spacial score (nSPS) is 14.4. The molecule has 1 atom stereocenters. The summed E-state index contributed by atoms with van der Waals surface area (Å²) in [5, 5.41) is 4.23. The molecule has 96 valence electrons. The average molecular weight is 263 g/mol. The number of nitrogens with two attached hydrogens (primary N) is 1. The van der Waals surface area contributed by atoms with Crippen molar-refractivity contribution in [1.29, 1.82) is 0 Å². The molecule has 0 saturated carbocycles. The molecule has 0 amide bonds. The quantitative estimate of drug-likeness (QED) is 0.873. The Kier molecular flexibility index (Phi) is 4.15. The number of rotatable bonds is 5. The molecular weight excluding hydrogens is 245 g/mol. The highest BCUT2D eigenvalue weighted by molar-refractivity contribution is 7.07. The second-order valence-corrected chi connectivity index (χ2v) is 5.87. The molecule has 0 radical (unpaired) electrons. The summed E-state index contributed by atoms with van der Waals surface area (Å²) in [4.78, 5) is 0. The molecule has 0 fully saturated rings. The fraction of sp³-hybridized carbons (Fsp3) is 0.333. The van der Waals surface area contributed by atoms with Gasteiger partial charge in [0, 0.05) is 5.54 Å². The van der Waals surface area contributed by atoms with Crippen LogP contribution in [-0.2, 0) is 12.8 Å². The number of benzene rings is 1. The molecule has 0 saturated heterocycles. The molecule has 3 heteroatoms. The van der Waals surface area contributed by atoms with Gasteiger partial charge in [0.1, 0.15) is 5.82 Å². The largest absolute Gasteiger partial charge is 0.325 e. The van der Waals surface area contributed by atoms with E-state index < -0.39 is 0 Å². The number of thiophene rings is 1. The zero-order valence-electron chi connectivity index (χ0n) is 10.5. The van der Waals surface area contributed by atoms with Crippen LogP contribution in [0.25, 0.3) is 0 Å². The van der Waals surface area contributed by atoms with Crippen LogP contribution in [0.15, 0.2) is 41.1 Å². The van der Waals surface area contributed by atoms with Gasteiger partial charge in [0.05, 0.1) is 0 Å². The van der Waals surface area contributed by atoms with E-state index in [1.807, 2.05) is 13.0 Å². The van der Waals surface area contributed by atoms with E-state index in [1.165, 1.54) is 11.6 Å². The molecular formula is C15H18FNS. The topological polar surface area (TPSA) is 26.0 Å². The van der Waals surface area contributed by atoms with Gasteiger partial charge < -0.3 is 5.73 Å². The third kappa shape index (κ3) is 3.93. The van der Waals surface area contributed by atoms with Crippen molar-refractivity contribution in [2.24, 2.45) is 5.73 Å².